The number of aliphatic hydroxyl groups is 1. The summed E-state index contributed by atoms with van der Waals surface area (Å²) in [6.45, 7) is 7.49. The average molecular weight is 548 g/mol. The molecule has 0 amide bonds. The summed E-state index contributed by atoms with van der Waals surface area (Å²) in [5.74, 6) is 4.36. The average Bonchev–Trinajstić information content (AvgIpc) is 3.54. The Labute approximate surface area is 242 Å². The van der Waals surface area contributed by atoms with Crippen molar-refractivity contribution in [3.8, 4) is 5.75 Å². The van der Waals surface area contributed by atoms with E-state index in [4.69, 9.17) is 4.74 Å². The van der Waals surface area contributed by atoms with Crippen molar-refractivity contribution in [3.63, 3.8) is 0 Å². The lowest BCUT2D eigenvalue weighted by molar-refractivity contribution is -0.136. The van der Waals surface area contributed by atoms with Gasteiger partial charge >= 0.3 is 0 Å². The van der Waals surface area contributed by atoms with Crippen LogP contribution < -0.4 is 10.1 Å². The lowest BCUT2D eigenvalue weighted by Gasteiger charge is -2.58. The van der Waals surface area contributed by atoms with E-state index in [-0.39, 0.29) is 5.41 Å². The van der Waals surface area contributed by atoms with Crippen LogP contribution in [0.25, 0.3) is 0 Å². The van der Waals surface area contributed by atoms with Gasteiger partial charge in [0, 0.05) is 23.9 Å². The standard InChI is InChI=1S/C36H53NO3/c1-4-8-33(37-27-10-5-6-11-27)25-9-7-12-29(23-25)40-20-19-36-18-15-31-30-14-13-28(38)22-26(30)21-24(2)34(31)32(36)16-17-35(36,3)39/h7,9,12,22-24,27,30-34,37,39H,4-6,8,10-11,13-21H2,1-3H3/t24-,30?,31?,32?,33?,34?,35?,36+/m0/s1. The number of ether oxygens (including phenoxy) is 1. The van der Waals surface area contributed by atoms with Crippen molar-refractivity contribution in [1.29, 1.82) is 0 Å². The van der Waals surface area contributed by atoms with Gasteiger partial charge in [-0.3, -0.25) is 4.79 Å². The van der Waals surface area contributed by atoms with Crippen molar-refractivity contribution >= 4 is 5.78 Å². The molecule has 6 unspecified atom stereocenters. The van der Waals surface area contributed by atoms with Crippen LogP contribution in [0.2, 0.25) is 0 Å². The molecule has 0 saturated heterocycles. The quantitative estimate of drug-likeness (QED) is 0.329. The monoisotopic (exact) mass is 547 g/mol. The molecular formula is C36H53NO3. The second-order valence-corrected chi connectivity index (χ2v) is 14.5. The summed E-state index contributed by atoms with van der Waals surface area (Å²) in [5.41, 5.74) is 2.08. The maximum atomic E-state index is 12.2. The second kappa shape index (κ2) is 11.6. The lowest BCUT2D eigenvalue weighted by atomic mass is 9.47. The third-order valence-corrected chi connectivity index (χ3v) is 12.3. The van der Waals surface area contributed by atoms with Gasteiger partial charge in [-0.05, 0) is 124 Å². The number of fused-ring (bicyclic) bond motifs is 5. The number of rotatable bonds is 9. The number of nitrogens with one attached hydrogen (secondary N) is 1. The minimum atomic E-state index is -0.635. The Bertz CT molecular complexity index is 1090. The predicted molar refractivity (Wildman–Crippen MR) is 161 cm³/mol. The Morgan fingerprint density at radius 2 is 1.95 bits per heavy atom. The third-order valence-electron chi connectivity index (χ3n) is 12.3. The molecule has 6 rings (SSSR count). The number of hydrogen-bond acceptors (Lipinski definition) is 4. The largest absolute Gasteiger partial charge is 0.494 e. The van der Waals surface area contributed by atoms with E-state index in [1.807, 2.05) is 6.08 Å². The molecule has 0 bridgehead atoms. The summed E-state index contributed by atoms with van der Waals surface area (Å²) in [7, 11) is 0. The molecule has 4 nitrogen and oxygen atoms in total. The van der Waals surface area contributed by atoms with E-state index in [1.54, 1.807) is 0 Å². The van der Waals surface area contributed by atoms with Crippen molar-refractivity contribution in [2.45, 2.75) is 128 Å². The van der Waals surface area contributed by atoms with E-state index >= 15 is 0 Å². The fourth-order valence-corrected chi connectivity index (χ4v) is 10.4. The smallest absolute Gasteiger partial charge is 0.155 e. The number of benzene rings is 1. The molecule has 8 atom stereocenters. The van der Waals surface area contributed by atoms with Crippen molar-refractivity contribution < 1.29 is 14.6 Å². The summed E-state index contributed by atoms with van der Waals surface area (Å²) in [4.78, 5) is 12.2. The maximum absolute atomic E-state index is 12.2. The summed E-state index contributed by atoms with van der Waals surface area (Å²) < 4.78 is 6.52. The Hall–Kier alpha value is -1.65. The first kappa shape index (κ1) is 28.5. The first-order valence-corrected chi connectivity index (χ1v) is 16.8. The van der Waals surface area contributed by atoms with Gasteiger partial charge in [0.05, 0.1) is 12.2 Å². The number of allylic oxidation sites excluding steroid dienone is 1. The summed E-state index contributed by atoms with van der Waals surface area (Å²) in [5, 5.41) is 15.8. The van der Waals surface area contributed by atoms with Gasteiger partial charge in [0.2, 0.25) is 0 Å². The van der Waals surface area contributed by atoms with E-state index < -0.39 is 5.60 Å². The van der Waals surface area contributed by atoms with Gasteiger partial charge < -0.3 is 15.2 Å². The molecule has 2 N–H and O–H groups in total. The van der Waals surface area contributed by atoms with Crippen molar-refractivity contribution in [1.82, 2.24) is 5.32 Å². The molecule has 0 heterocycles. The van der Waals surface area contributed by atoms with Crippen LogP contribution in [0.3, 0.4) is 0 Å². The van der Waals surface area contributed by atoms with Crippen LogP contribution in [-0.4, -0.2) is 29.1 Å². The molecule has 4 saturated carbocycles. The van der Waals surface area contributed by atoms with Gasteiger partial charge in [-0.15, -0.1) is 0 Å². The molecule has 0 aliphatic heterocycles. The van der Waals surface area contributed by atoms with Crippen LogP contribution in [-0.2, 0) is 4.79 Å². The molecule has 4 heteroatoms. The summed E-state index contributed by atoms with van der Waals surface area (Å²) in [6.07, 6.45) is 17.7. The molecule has 5 aliphatic rings. The zero-order chi connectivity index (χ0) is 27.9. The zero-order valence-electron chi connectivity index (χ0n) is 25.3. The molecule has 40 heavy (non-hydrogen) atoms. The number of carbonyl (C=O) groups is 1. The minimum Gasteiger partial charge on any atom is -0.494 e. The van der Waals surface area contributed by atoms with E-state index in [0.29, 0.717) is 54.1 Å². The molecule has 0 spiro atoms. The van der Waals surface area contributed by atoms with Crippen molar-refractivity contribution in [2.24, 2.45) is 35.0 Å². The number of carbonyl (C=O) groups excluding carboxylic acids is 1. The highest BCUT2D eigenvalue weighted by molar-refractivity contribution is 5.91. The summed E-state index contributed by atoms with van der Waals surface area (Å²) >= 11 is 0. The molecular weight excluding hydrogens is 494 g/mol. The molecule has 0 radical (unpaired) electrons. The van der Waals surface area contributed by atoms with Gasteiger partial charge in [-0.1, -0.05) is 50.8 Å². The number of hydrogen-bond donors (Lipinski definition) is 2. The SMILES string of the molecule is CCCC(NC1CCCC1)c1cccc(OCC[C@]23CCC4C5CCC(=O)C=C5C[C@H](C)C4C2CCC3(C)O)c1. The van der Waals surface area contributed by atoms with Crippen LogP contribution in [0.1, 0.15) is 122 Å². The van der Waals surface area contributed by atoms with Crippen LogP contribution in [0.4, 0.5) is 0 Å². The topological polar surface area (TPSA) is 58.6 Å². The molecule has 4 fully saturated rings. The number of ketones is 1. The Morgan fingerprint density at radius 3 is 2.75 bits per heavy atom. The zero-order valence-corrected chi connectivity index (χ0v) is 25.3. The van der Waals surface area contributed by atoms with Gasteiger partial charge in [-0.2, -0.15) is 0 Å². The first-order valence-electron chi connectivity index (χ1n) is 16.8. The maximum Gasteiger partial charge on any atom is 0.155 e. The second-order valence-electron chi connectivity index (χ2n) is 14.5. The van der Waals surface area contributed by atoms with Crippen LogP contribution in [0, 0.1) is 35.0 Å². The molecule has 220 valence electrons. The van der Waals surface area contributed by atoms with Crippen molar-refractivity contribution in [2.75, 3.05) is 6.61 Å². The van der Waals surface area contributed by atoms with Crippen LogP contribution in [0.5, 0.6) is 5.75 Å². The molecule has 1 aromatic carbocycles. The van der Waals surface area contributed by atoms with Gasteiger partial charge in [-0.25, -0.2) is 0 Å². The third kappa shape index (κ3) is 5.21. The van der Waals surface area contributed by atoms with Crippen molar-refractivity contribution in [3.05, 3.63) is 41.5 Å². The highest BCUT2D eigenvalue weighted by Gasteiger charge is 2.63. The fraction of sp³-hybridized carbons (Fsp3) is 0.750. The Balaban J connectivity index is 1.16. The fourth-order valence-electron chi connectivity index (χ4n) is 10.4. The molecule has 5 aliphatic carbocycles. The van der Waals surface area contributed by atoms with E-state index in [9.17, 15) is 9.90 Å². The molecule has 0 aromatic heterocycles. The Kier molecular flexibility index (Phi) is 8.22. The van der Waals surface area contributed by atoms with Gasteiger partial charge in [0.15, 0.2) is 5.78 Å². The lowest BCUT2D eigenvalue weighted by Crippen LogP contribution is -2.55. The first-order chi connectivity index (χ1) is 19.3. The van der Waals surface area contributed by atoms with Gasteiger partial charge in [0.25, 0.3) is 0 Å². The van der Waals surface area contributed by atoms with E-state index in [2.05, 4.69) is 50.4 Å². The highest BCUT2D eigenvalue weighted by Crippen LogP contribution is 2.67. The summed E-state index contributed by atoms with van der Waals surface area (Å²) in [6, 6.07) is 9.85. The normalized spacial score (nSPS) is 38.4. The van der Waals surface area contributed by atoms with Gasteiger partial charge in [0.1, 0.15) is 5.75 Å². The minimum absolute atomic E-state index is 0.0689. The van der Waals surface area contributed by atoms with Crippen LogP contribution in [0.15, 0.2) is 35.9 Å². The highest BCUT2D eigenvalue weighted by atomic mass is 16.5. The predicted octanol–water partition coefficient (Wildman–Crippen LogP) is 7.95. The Morgan fingerprint density at radius 1 is 1.12 bits per heavy atom. The van der Waals surface area contributed by atoms with E-state index in [1.165, 1.54) is 49.7 Å². The van der Waals surface area contributed by atoms with E-state index in [0.717, 1.165) is 57.1 Å². The molecule has 1 aromatic rings. The van der Waals surface area contributed by atoms with Crippen LogP contribution >= 0.6 is 0 Å².